The zero-order valence-electron chi connectivity index (χ0n) is 68.6. The summed E-state index contributed by atoms with van der Waals surface area (Å²) < 4.78 is 151. The van der Waals surface area contributed by atoms with Crippen molar-refractivity contribution in [2.24, 2.45) is 0 Å². The smallest absolute Gasteiger partial charge is 0.161 e. The molecule has 0 atom stereocenters. The molecule has 0 N–H and O–H groups in total. The Kier molecular flexibility index (Phi) is 12.4. The summed E-state index contributed by atoms with van der Waals surface area (Å²) in [6.07, 6.45) is 0. The largest absolute Gasteiger partial charge is 0.456 e. The summed E-state index contributed by atoms with van der Waals surface area (Å²) in [5, 5.41) is 5.85. The molecule has 5 aromatic heterocycles. The number of furan rings is 3. The van der Waals surface area contributed by atoms with Crippen molar-refractivity contribution < 1.29 is 33.8 Å². The molecule has 20 aromatic rings. The van der Waals surface area contributed by atoms with Gasteiger partial charge < -0.3 is 32.2 Å². The normalized spacial score (nSPS) is 13.4. The topological polar surface area (TPSA) is 55.8 Å². The van der Waals surface area contributed by atoms with Crippen LogP contribution < -0.4 is 9.80 Å². The van der Waals surface area contributed by atoms with Gasteiger partial charge in [-0.2, -0.15) is 0 Å². The summed E-state index contributed by atoms with van der Waals surface area (Å²) in [4.78, 5) is 3.75. The maximum absolute atomic E-state index is 8.95. The first kappa shape index (κ1) is 48.2. The third-order valence-electron chi connectivity index (χ3n) is 18.6. The molecule has 0 aliphatic carbocycles. The molecular weight excluding hydrogens is 1260 g/mol. The molecule has 0 fully saturated rings. The number of fused-ring (bicyclic) bond motifs is 13. The zero-order valence-corrected chi connectivity index (χ0v) is 53.6. The van der Waals surface area contributed by atoms with Gasteiger partial charge in [0.1, 0.15) is 33.4 Å². The van der Waals surface area contributed by atoms with E-state index in [0.717, 1.165) is 133 Å². The number of hydrogen-bond donors (Lipinski definition) is 0. The summed E-state index contributed by atoms with van der Waals surface area (Å²) in [5.41, 5.74) is 18.5. The molecule has 0 saturated heterocycles. The molecule has 0 unspecified atom stereocenters. The van der Waals surface area contributed by atoms with Crippen molar-refractivity contribution in [1.82, 2.24) is 9.13 Å². The first-order valence-electron chi connectivity index (χ1n) is 40.5. The van der Waals surface area contributed by atoms with Crippen LogP contribution in [0.15, 0.2) is 389 Å². The van der Waals surface area contributed by atoms with Crippen molar-refractivity contribution in [2.75, 3.05) is 9.80 Å². The molecule has 15 aromatic carbocycles. The molecule has 0 aliphatic rings. The van der Waals surface area contributed by atoms with E-state index in [1.807, 2.05) is 146 Å². The van der Waals surface area contributed by atoms with Crippen molar-refractivity contribution >= 4 is 122 Å². The van der Waals surface area contributed by atoms with Crippen molar-refractivity contribution in [1.29, 1.82) is 0 Å². The van der Waals surface area contributed by atoms with Crippen LogP contribution in [0.1, 0.15) is 35.4 Å². The molecule has 5 heterocycles. The molecule has 20 rings (SSSR count). The van der Waals surface area contributed by atoms with Gasteiger partial charge in [-0.25, -0.2) is 0 Å². The van der Waals surface area contributed by atoms with Crippen molar-refractivity contribution in [3.05, 3.63) is 376 Å². The summed E-state index contributed by atoms with van der Waals surface area (Å²) in [7, 11) is 0. The minimum atomic E-state index is -0.525. The standard InChI is InChI=1S/C50H32N2O2.C44H30N2O.2CH4/c1-3-14-33(15-4-1)34-28-30-37(31-29-34)51(44-25-13-27-46-47(44)41-21-8-10-26-45(41)53-46)38-19-11-16-35(32-38)39-22-12-23-42-48-50(54-49(39)42)40-20-7-9-24-43(40)52(48)36-17-5-2-6-18-36;1-4-14-31(15-5-1)32-26-28-36(29-27-32)45(34-17-6-2-7-18-34)37-21-12-16-33(30-37)38-23-13-24-40-42-44(47-43(38)40)39-22-10-11-25-41(39)46(42)35-19-8-3-9-20-35;;/h1-32H;1-30H;2*1H4/i1D,3D,4D,14D,15D;1D,2D,4D,5D,6D,7D,14D,15D,17D,18D;;. The summed E-state index contributed by atoms with van der Waals surface area (Å²) in [5.74, 6) is 0. The predicted octanol–water partition coefficient (Wildman–Crippen LogP) is 27.8. The van der Waals surface area contributed by atoms with Crippen LogP contribution in [0.5, 0.6) is 0 Å². The second kappa shape index (κ2) is 26.6. The van der Waals surface area contributed by atoms with Crippen LogP contribution >= 0.6 is 0 Å². The van der Waals surface area contributed by atoms with Crippen molar-refractivity contribution in [3.63, 3.8) is 0 Å². The Bertz CT molecular complexity index is 7340. The molecule has 0 bridgehead atoms. The van der Waals surface area contributed by atoms with Gasteiger partial charge in [-0.3, -0.25) is 0 Å². The highest BCUT2D eigenvalue weighted by Crippen LogP contribution is 2.48. The van der Waals surface area contributed by atoms with E-state index in [1.54, 1.807) is 35.2 Å². The van der Waals surface area contributed by atoms with Gasteiger partial charge >= 0.3 is 0 Å². The highest BCUT2D eigenvalue weighted by atomic mass is 16.3. The van der Waals surface area contributed by atoms with Gasteiger partial charge in [-0.15, -0.1) is 0 Å². The van der Waals surface area contributed by atoms with Gasteiger partial charge in [0.2, 0.25) is 0 Å². The highest BCUT2D eigenvalue weighted by Gasteiger charge is 2.26. The number of benzene rings is 15. The maximum atomic E-state index is 8.95. The first-order chi connectivity index (χ1) is 56.3. The van der Waals surface area contributed by atoms with Gasteiger partial charge in [-0.05, 0) is 173 Å². The van der Waals surface area contributed by atoms with Crippen LogP contribution in [0, 0.1) is 0 Å². The Balaban J connectivity index is 0.000000166. The molecule has 7 heteroatoms. The molecule has 7 nitrogen and oxygen atoms in total. The molecular formula is C96H70N4O3. The summed E-state index contributed by atoms with van der Waals surface area (Å²) in [6, 6.07) is 86.9. The minimum absolute atomic E-state index is 0. The lowest BCUT2D eigenvalue weighted by molar-refractivity contribution is 0.669. The van der Waals surface area contributed by atoms with E-state index in [2.05, 4.69) is 123 Å². The molecule has 0 spiro atoms. The van der Waals surface area contributed by atoms with Crippen molar-refractivity contribution in [2.45, 2.75) is 14.9 Å². The van der Waals surface area contributed by atoms with Gasteiger partial charge in [-0.1, -0.05) is 251 Å². The van der Waals surface area contributed by atoms with E-state index in [1.165, 1.54) is 0 Å². The lowest BCUT2D eigenvalue weighted by Gasteiger charge is -2.27. The Morgan fingerprint density at radius 3 is 1.18 bits per heavy atom. The number of aromatic nitrogens is 2. The Labute approximate surface area is 618 Å². The van der Waals surface area contributed by atoms with Crippen LogP contribution in [0.4, 0.5) is 34.1 Å². The lowest BCUT2D eigenvalue weighted by Crippen LogP contribution is -2.10. The fourth-order valence-corrected chi connectivity index (χ4v) is 14.2. The summed E-state index contributed by atoms with van der Waals surface area (Å²) >= 11 is 0. The maximum Gasteiger partial charge on any atom is 0.161 e. The Morgan fingerprint density at radius 2 is 0.670 bits per heavy atom. The summed E-state index contributed by atoms with van der Waals surface area (Å²) in [6.45, 7) is 0. The van der Waals surface area contributed by atoms with Gasteiger partial charge in [0.05, 0.1) is 42.7 Å². The lowest BCUT2D eigenvalue weighted by atomic mass is 10.0. The highest BCUT2D eigenvalue weighted by molar-refractivity contribution is 6.20. The predicted molar refractivity (Wildman–Crippen MR) is 433 cm³/mol. The molecule has 0 amide bonds. The quantitative estimate of drug-likeness (QED) is 0.122. The first-order valence-corrected chi connectivity index (χ1v) is 33.0. The van der Waals surface area contributed by atoms with Gasteiger partial charge in [0.15, 0.2) is 11.2 Å². The van der Waals surface area contributed by atoms with E-state index in [-0.39, 0.29) is 67.9 Å². The van der Waals surface area contributed by atoms with Crippen LogP contribution in [-0.4, -0.2) is 9.13 Å². The molecule has 492 valence electrons. The van der Waals surface area contributed by atoms with Gasteiger partial charge in [0, 0.05) is 77.9 Å². The van der Waals surface area contributed by atoms with E-state index < -0.39 is 54.4 Å². The molecule has 0 radical (unpaired) electrons. The number of hydrogen-bond acceptors (Lipinski definition) is 5. The van der Waals surface area contributed by atoms with E-state index in [0.29, 0.717) is 28.1 Å². The third kappa shape index (κ3) is 11.0. The van der Waals surface area contributed by atoms with E-state index in [4.69, 9.17) is 33.8 Å². The fraction of sp³-hybridized carbons (Fsp3) is 0.0208. The number of anilines is 6. The number of nitrogens with zero attached hydrogens (tertiary/aromatic N) is 4. The average molecular weight is 1340 g/mol. The minimum Gasteiger partial charge on any atom is -0.456 e. The van der Waals surface area contributed by atoms with Crippen LogP contribution in [0.3, 0.4) is 0 Å². The number of para-hydroxylation sites is 8. The zero-order chi connectivity index (χ0) is 79.8. The SMILES string of the molecule is C.C.[2H]c1c([2H])c([2H])c(-c2ccc(N(c3cccc(-c4cccc5c4oc4c6ccccc6n(-c6ccccc6)c54)c3)c3c([2H])c([2H])c([2H])c([2H])c3[2H])cc2)c([2H])c1[2H].[2H]c1c([2H])c([2H])c(-c2ccc(N(c3cccc(-c4cccc5c4oc4c6ccccc6n(-c6ccccc6)c54)c3)c3cccc4oc5ccccc5c34)cc2)c([2H])c1[2H]. The third-order valence-corrected chi connectivity index (χ3v) is 18.6. The van der Waals surface area contributed by atoms with E-state index >= 15 is 0 Å². The fourth-order valence-electron chi connectivity index (χ4n) is 14.2. The molecule has 0 aliphatic heterocycles. The number of rotatable bonds is 12. The average Bonchev–Trinajstić information content (AvgIpc) is 1.53. The van der Waals surface area contributed by atoms with Crippen molar-refractivity contribution in [3.8, 4) is 55.9 Å². The molecule has 0 saturated carbocycles. The Hall–Kier alpha value is -13.6. The van der Waals surface area contributed by atoms with Crippen LogP contribution in [0.25, 0.3) is 144 Å². The van der Waals surface area contributed by atoms with Gasteiger partial charge in [0.25, 0.3) is 0 Å². The second-order valence-corrected chi connectivity index (χ2v) is 24.4. The Morgan fingerprint density at radius 1 is 0.262 bits per heavy atom. The second-order valence-electron chi connectivity index (χ2n) is 24.4. The molecule has 103 heavy (non-hydrogen) atoms. The van der Waals surface area contributed by atoms with Crippen LogP contribution in [-0.2, 0) is 0 Å². The van der Waals surface area contributed by atoms with E-state index in [9.17, 15) is 0 Å². The monoisotopic (exact) mass is 1340 g/mol. The van der Waals surface area contributed by atoms with Crippen LogP contribution in [0.2, 0.25) is 0 Å².